The third-order valence-corrected chi connectivity index (χ3v) is 9.04. The van der Waals surface area contributed by atoms with Crippen molar-refractivity contribution in [3.63, 3.8) is 0 Å². The second-order valence-electron chi connectivity index (χ2n) is 7.32. The molecule has 0 saturated carbocycles. The van der Waals surface area contributed by atoms with Crippen molar-refractivity contribution in [1.82, 2.24) is 4.31 Å². The Bertz CT molecular complexity index is 942. The zero-order chi connectivity index (χ0) is 21.1. The number of thiophene rings is 1. The number of aryl methyl sites for hydroxylation is 1. The molecule has 0 unspecified atom stereocenters. The number of piperidine rings is 1. The van der Waals surface area contributed by atoms with Crippen molar-refractivity contribution in [3.8, 4) is 5.75 Å². The number of carbonyl (C=O) groups excluding carboxylic acids is 1. The van der Waals surface area contributed by atoms with Gasteiger partial charge in [-0.1, -0.05) is 12.1 Å². The van der Waals surface area contributed by atoms with Crippen LogP contribution in [0.2, 0.25) is 0 Å². The summed E-state index contributed by atoms with van der Waals surface area (Å²) in [6.45, 7) is 4.50. The number of nitrogens with zero attached hydrogens (tertiary/aromatic N) is 1. The molecule has 1 aromatic carbocycles. The topological polar surface area (TPSA) is 72.9 Å². The van der Waals surface area contributed by atoms with Crippen LogP contribution in [0.1, 0.15) is 30.9 Å². The Balaban J connectivity index is 1.81. The summed E-state index contributed by atoms with van der Waals surface area (Å²) in [5.74, 6) is 0.506. The van der Waals surface area contributed by atoms with Gasteiger partial charge in [0, 0.05) is 13.1 Å². The number of carbonyl (C=O) groups is 1. The minimum Gasteiger partial charge on any atom is -0.497 e. The maximum Gasteiger partial charge on any atom is 0.312 e. The Labute approximate surface area is 176 Å². The van der Waals surface area contributed by atoms with Gasteiger partial charge in [0.05, 0.1) is 19.1 Å². The van der Waals surface area contributed by atoms with E-state index >= 15 is 0 Å². The molecule has 0 spiro atoms. The fourth-order valence-corrected chi connectivity index (χ4v) is 6.76. The van der Waals surface area contributed by atoms with Crippen LogP contribution in [0.3, 0.4) is 0 Å². The molecule has 3 rings (SSSR count). The molecular formula is C21H27NO5S2. The third kappa shape index (κ3) is 4.49. The predicted octanol–water partition coefficient (Wildman–Crippen LogP) is 3.64. The maximum atomic E-state index is 13.0. The molecular weight excluding hydrogens is 410 g/mol. The molecule has 29 heavy (non-hydrogen) atoms. The van der Waals surface area contributed by atoms with Gasteiger partial charge in [0.2, 0.25) is 0 Å². The monoisotopic (exact) mass is 437 g/mol. The Morgan fingerprint density at radius 3 is 2.34 bits per heavy atom. The van der Waals surface area contributed by atoms with Crippen molar-refractivity contribution in [2.45, 2.75) is 37.3 Å². The quantitative estimate of drug-likeness (QED) is 0.619. The predicted molar refractivity (Wildman–Crippen MR) is 113 cm³/mol. The Kier molecular flexibility index (Phi) is 6.65. The fraction of sp³-hybridized carbons (Fsp3) is 0.476. The molecule has 0 N–H and O–H groups in total. The van der Waals surface area contributed by atoms with Gasteiger partial charge in [-0.2, -0.15) is 4.31 Å². The van der Waals surface area contributed by atoms with E-state index in [0.29, 0.717) is 43.2 Å². The van der Waals surface area contributed by atoms with Crippen LogP contribution in [0.5, 0.6) is 5.75 Å². The van der Waals surface area contributed by atoms with Gasteiger partial charge in [0.25, 0.3) is 10.0 Å². The number of hydrogen-bond acceptors (Lipinski definition) is 6. The van der Waals surface area contributed by atoms with Gasteiger partial charge in [-0.15, -0.1) is 11.3 Å². The minimum atomic E-state index is -3.54. The SMILES string of the molecule is CCOC(=O)C1(Cc2ccc(OC)cc2)CCN(S(=O)(=O)c2sccc2C)CC1. The smallest absolute Gasteiger partial charge is 0.312 e. The maximum absolute atomic E-state index is 13.0. The Hall–Kier alpha value is -1.90. The van der Waals surface area contributed by atoms with Crippen molar-refractivity contribution >= 4 is 27.3 Å². The number of sulfonamides is 1. The van der Waals surface area contributed by atoms with Gasteiger partial charge in [0.1, 0.15) is 9.96 Å². The lowest BCUT2D eigenvalue weighted by molar-refractivity contribution is -0.158. The summed E-state index contributed by atoms with van der Waals surface area (Å²) in [7, 11) is -1.92. The zero-order valence-electron chi connectivity index (χ0n) is 17.0. The van der Waals surface area contributed by atoms with E-state index in [0.717, 1.165) is 16.9 Å². The van der Waals surface area contributed by atoms with Crippen molar-refractivity contribution in [1.29, 1.82) is 0 Å². The molecule has 1 saturated heterocycles. The van der Waals surface area contributed by atoms with Crippen LogP contribution in [-0.2, 0) is 26.0 Å². The highest BCUT2D eigenvalue weighted by Crippen LogP contribution is 2.39. The molecule has 2 aromatic rings. The number of ether oxygens (including phenoxy) is 2. The first-order chi connectivity index (χ1) is 13.8. The number of esters is 1. The average molecular weight is 438 g/mol. The summed E-state index contributed by atoms with van der Waals surface area (Å²) in [4.78, 5) is 12.9. The van der Waals surface area contributed by atoms with E-state index in [2.05, 4.69) is 0 Å². The lowest BCUT2D eigenvalue weighted by atomic mass is 9.74. The molecule has 1 aliphatic rings. The molecule has 8 heteroatoms. The zero-order valence-corrected chi connectivity index (χ0v) is 18.6. The van der Waals surface area contributed by atoms with E-state index in [4.69, 9.17) is 9.47 Å². The molecule has 0 bridgehead atoms. The first kappa shape index (κ1) is 21.8. The van der Waals surface area contributed by atoms with Crippen molar-refractivity contribution in [2.24, 2.45) is 5.41 Å². The van der Waals surface area contributed by atoms with Gasteiger partial charge < -0.3 is 9.47 Å². The van der Waals surface area contributed by atoms with Crippen molar-refractivity contribution < 1.29 is 22.7 Å². The van der Waals surface area contributed by atoms with Gasteiger partial charge in [-0.3, -0.25) is 4.79 Å². The Morgan fingerprint density at radius 1 is 1.17 bits per heavy atom. The summed E-state index contributed by atoms with van der Waals surface area (Å²) in [5, 5.41) is 1.79. The van der Waals surface area contributed by atoms with E-state index in [1.165, 1.54) is 15.6 Å². The number of benzene rings is 1. The van der Waals surface area contributed by atoms with Crippen LogP contribution in [0.15, 0.2) is 39.9 Å². The van der Waals surface area contributed by atoms with Crippen LogP contribution in [0.4, 0.5) is 0 Å². The summed E-state index contributed by atoms with van der Waals surface area (Å²) in [6, 6.07) is 9.44. The van der Waals surface area contributed by atoms with Crippen molar-refractivity contribution in [3.05, 3.63) is 46.8 Å². The number of rotatable bonds is 7. The highest BCUT2D eigenvalue weighted by Gasteiger charge is 2.45. The molecule has 1 aromatic heterocycles. The minimum absolute atomic E-state index is 0.250. The highest BCUT2D eigenvalue weighted by atomic mass is 32.2. The molecule has 158 valence electrons. The average Bonchev–Trinajstić information content (AvgIpc) is 3.16. The summed E-state index contributed by atoms with van der Waals surface area (Å²) < 4.78 is 38.5. The summed E-state index contributed by atoms with van der Waals surface area (Å²) >= 11 is 1.24. The fourth-order valence-electron chi connectivity index (χ4n) is 3.77. The molecule has 6 nitrogen and oxygen atoms in total. The van der Waals surface area contributed by atoms with Crippen molar-refractivity contribution in [2.75, 3.05) is 26.8 Å². The molecule has 0 radical (unpaired) electrons. The van der Waals surface area contributed by atoms with Gasteiger partial charge in [-0.05, 0) is 67.8 Å². The molecule has 0 aliphatic carbocycles. The summed E-state index contributed by atoms with van der Waals surface area (Å²) in [5.41, 5.74) is 1.04. The lowest BCUT2D eigenvalue weighted by Gasteiger charge is -2.39. The molecule has 1 fully saturated rings. The molecule has 1 aliphatic heterocycles. The molecule has 0 amide bonds. The van der Waals surface area contributed by atoms with E-state index in [1.807, 2.05) is 30.3 Å². The second kappa shape index (κ2) is 8.85. The second-order valence-corrected chi connectivity index (χ2v) is 10.4. The van der Waals surface area contributed by atoms with Crippen LogP contribution >= 0.6 is 11.3 Å². The first-order valence-corrected chi connectivity index (χ1v) is 12.0. The van der Waals surface area contributed by atoms with E-state index in [9.17, 15) is 13.2 Å². The van der Waals surface area contributed by atoms with E-state index in [-0.39, 0.29) is 5.97 Å². The van der Waals surface area contributed by atoms with Crippen LogP contribution in [-0.4, -0.2) is 45.5 Å². The summed E-state index contributed by atoms with van der Waals surface area (Å²) in [6.07, 6.45) is 1.38. The number of hydrogen-bond donors (Lipinski definition) is 0. The van der Waals surface area contributed by atoms with E-state index in [1.54, 1.807) is 26.3 Å². The van der Waals surface area contributed by atoms with Gasteiger partial charge in [-0.25, -0.2) is 8.42 Å². The number of methoxy groups -OCH3 is 1. The van der Waals surface area contributed by atoms with E-state index < -0.39 is 15.4 Å². The highest BCUT2D eigenvalue weighted by molar-refractivity contribution is 7.91. The largest absolute Gasteiger partial charge is 0.497 e. The normalized spacial score (nSPS) is 17.1. The van der Waals surface area contributed by atoms with Crippen LogP contribution in [0.25, 0.3) is 0 Å². The first-order valence-electron chi connectivity index (χ1n) is 9.67. The van der Waals surface area contributed by atoms with Gasteiger partial charge >= 0.3 is 5.97 Å². The standard InChI is InChI=1S/C21H27NO5S2/c1-4-27-20(23)21(15-17-5-7-18(26-3)8-6-17)10-12-22(13-11-21)29(24,25)19-16(2)9-14-28-19/h5-9,14H,4,10-13,15H2,1-3H3. The third-order valence-electron chi connectivity index (χ3n) is 5.48. The molecule has 2 heterocycles. The van der Waals surface area contributed by atoms with Crippen LogP contribution < -0.4 is 4.74 Å². The molecule has 0 atom stereocenters. The lowest BCUT2D eigenvalue weighted by Crippen LogP contribution is -2.48. The van der Waals surface area contributed by atoms with Crippen LogP contribution in [0, 0.1) is 12.3 Å². The Morgan fingerprint density at radius 2 is 1.83 bits per heavy atom. The van der Waals surface area contributed by atoms with Gasteiger partial charge in [0.15, 0.2) is 0 Å².